The number of halogens is 1. The van der Waals surface area contributed by atoms with Crippen LogP contribution in [0.4, 0.5) is 0 Å². The molecule has 0 N–H and O–H groups in total. The standard InChI is InChI=1S/C35H27ClO2/c36-30-23-13-22-29(24-30)31(32(25-14-5-1-6-15-25)34(37)27-18-9-3-10-19-27)33(26-16-7-2-8-17-26)35(38)28-20-11-4-12-21-28/h1-24,31-33H. The lowest BCUT2D eigenvalue weighted by atomic mass is 9.67. The third kappa shape index (κ3) is 5.51. The molecule has 0 fully saturated rings. The van der Waals surface area contributed by atoms with Crippen molar-refractivity contribution in [2.45, 2.75) is 17.8 Å². The molecule has 0 aromatic heterocycles. The third-order valence-electron chi connectivity index (χ3n) is 6.95. The molecule has 0 aliphatic rings. The van der Waals surface area contributed by atoms with Crippen LogP contribution in [0, 0.1) is 0 Å². The predicted octanol–water partition coefficient (Wildman–Crippen LogP) is 8.76. The molecule has 0 heterocycles. The lowest BCUT2D eigenvalue weighted by Crippen LogP contribution is -2.30. The summed E-state index contributed by atoms with van der Waals surface area (Å²) >= 11 is 6.51. The lowest BCUT2D eigenvalue weighted by Gasteiger charge is -2.34. The largest absolute Gasteiger partial charge is 0.293 e. The third-order valence-corrected chi connectivity index (χ3v) is 7.19. The molecule has 0 bridgehead atoms. The Bertz CT molecular complexity index is 1400. The Morgan fingerprint density at radius 2 is 0.816 bits per heavy atom. The second kappa shape index (κ2) is 11.9. The molecule has 5 rings (SSSR count). The van der Waals surface area contributed by atoms with Gasteiger partial charge in [-0.2, -0.15) is 0 Å². The van der Waals surface area contributed by atoms with Gasteiger partial charge in [-0.05, 0) is 28.8 Å². The smallest absolute Gasteiger partial charge is 0.170 e. The zero-order valence-electron chi connectivity index (χ0n) is 20.8. The Morgan fingerprint density at radius 3 is 1.21 bits per heavy atom. The van der Waals surface area contributed by atoms with Crippen LogP contribution in [0.1, 0.15) is 55.2 Å². The van der Waals surface area contributed by atoms with Crippen molar-refractivity contribution in [3.05, 3.63) is 178 Å². The summed E-state index contributed by atoms with van der Waals surface area (Å²) in [6, 6.07) is 45.7. The summed E-state index contributed by atoms with van der Waals surface area (Å²) in [5.41, 5.74) is 3.76. The van der Waals surface area contributed by atoms with E-state index in [-0.39, 0.29) is 11.6 Å². The summed E-state index contributed by atoms with van der Waals surface area (Å²) in [5.74, 6) is -1.85. The first-order chi connectivity index (χ1) is 18.6. The molecule has 0 radical (unpaired) electrons. The van der Waals surface area contributed by atoms with E-state index < -0.39 is 17.8 Å². The van der Waals surface area contributed by atoms with Crippen LogP contribution in [0.3, 0.4) is 0 Å². The van der Waals surface area contributed by atoms with Crippen LogP contribution in [-0.2, 0) is 0 Å². The van der Waals surface area contributed by atoms with Crippen molar-refractivity contribution < 1.29 is 9.59 Å². The molecule has 186 valence electrons. The quantitative estimate of drug-likeness (QED) is 0.184. The van der Waals surface area contributed by atoms with Crippen molar-refractivity contribution in [1.82, 2.24) is 0 Å². The van der Waals surface area contributed by atoms with Gasteiger partial charge in [0, 0.05) is 22.1 Å². The molecule has 0 spiro atoms. The van der Waals surface area contributed by atoms with Gasteiger partial charge in [0.05, 0.1) is 11.8 Å². The number of ketones is 2. The normalized spacial score (nSPS) is 13.3. The van der Waals surface area contributed by atoms with Crippen LogP contribution in [0.15, 0.2) is 146 Å². The molecular weight excluding hydrogens is 488 g/mol. The Hall–Kier alpha value is -4.27. The zero-order valence-corrected chi connectivity index (χ0v) is 21.5. The van der Waals surface area contributed by atoms with Gasteiger partial charge in [-0.15, -0.1) is 0 Å². The van der Waals surface area contributed by atoms with E-state index in [0.29, 0.717) is 16.1 Å². The first kappa shape index (κ1) is 25.4. The molecule has 0 saturated carbocycles. The summed E-state index contributed by atoms with van der Waals surface area (Å²) < 4.78 is 0. The second-order valence-corrected chi connectivity index (χ2v) is 9.75. The van der Waals surface area contributed by atoms with Crippen molar-refractivity contribution in [3.8, 4) is 0 Å². The number of rotatable bonds is 9. The Morgan fingerprint density at radius 1 is 0.447 bits per heavy atom. The van der Waals surface area contributed by atoms with Gasteiger partial charge in [0.25, 0.3) is 0 Å². The van der Waals surface area contributed by atoms with Crippen LogP contribution in [0.2, 0.25) is 5.02 Å². The fourth-order valence-corrected chi connectivity index (χ4v) is 5.42. The molecule has 0 amide bonds. The Labute approximate surface area is 228 Å². The monoisotopic (exact) mass is 514 g/mol. The van der Waals surface area contributed by atoms with Crippen molar-refractivity contribution in [2.24, 2.45) is 0 Å². The van der Waals surface area contributed by atoms with Gasteiger partial charge in [-0.1, -0.05) is 145 Å². The highest BCUT2D eigenvalue weighted by atomic mass is 35.5. The number of hydrogen-bond acceptors (Lipinski definition) is 2. The van der Waals surface area contributed by atoms with Crippen molar-refractivity contribution in [3.63, 3.8) is 0 Å². The molecule has 2 nitrogen and oxygen atoms in total. The molecule has 2 unspecified atom stereocenters. The summed E-state index contributed by atoms with van der Waals surface area (Å²) in [6.45, 7) is 0. The second-order valence-electron chi connectivity index (χ2n) is 9.32. The number of hydrogen-bond donors (Lipinski definition) is 0. The zero-order chi connectivity index (χ0) is 26.3. The first-order valence-corrected chi connectivity index (χ1v) is 13.0. The molecule has 5 aromatic carbocycles. The van der Waals surface area contributed by atoms with E-state index >= 15 is 0 Å². The lowest BCUT2D eigenvalue weighted by molar-refractivity contribution is 0.0899. The van der Waals surface area contributed by atoms with E-state index in [1.165, 1.54) is 0 Å². The highest BCUT2D eigenvalue weighted by molar-refractivity contribution is 6.30. The molecular formula is C35H27ClO2. The van der Waals surface area contributed by atoms with Gasteiger partial charge in [0.1, 0.15) is 0 Å². The minimum absolute atomic E-state index is 0.0384. The average Bonchev–Trinajstić information content (AvgIpc) is 2.98. The number of carbonyl (C=O) groups is 2. The number of benzene rings is 5. The van der Waals surface area contributed by atoms with Gasteiger partial charge in [-0.25, -0.2) is 0 Å². The van der Waals surface area contributed by atoms with Crippen LogP contribution >= 0.6 is 11.6 Å². The van der Waals surface area contributed by atoms with E-state index in [4.69, 9.17) is 11.6 Å². The van der Waals surface area contributed by atoms with Gasteiger partial charge in [-0.3, -0.25) is 9.59 Å². The summed E-state index contributed by atoms with van der Waals surface area (Å²) in [5, 5.41) is 0.561. The SMILES string of the molecule is O=C(c1ccccc1)C(c1ccccc1)C(c1cccc(Cl)c1)C(C(=O)c1ccccc1)c1ccccc1. The summed E-state index contributed by atoms with van der Waals surface area (Å²) in [4.78, 5) is 28.8. The van der Waals surface area contributed by atoms with Crippen molar-refractivity contribution >= 4 is 23.2 Å². The van der Waals surface area contributed by atoms with Crippen LogP contribution in [-0.4, -0.2) is 11.6 Å². The molecule has 0 saturated heterocycles. The predicted molar refractivity (Wildman–Crippen MR) is 154 cm³/mol. The van der Waals surface area contributed by atoms with Gasteiger partial charge in [0.2, 0.25) is 0 Å². The minimum atomic E-state index is -0.630. The van der Waals surface area contributed by atoms with E-state index in [1.807, 2.05) is 146 Å². The molecule has 0 aliphatic carbocycles. The molecule has 3 heteroatoms. The summed E-state index contributed by atoms with van der Waals surface area (Å²) in [7, 11) is 0. The fraction of sp³-hybridized carbons (Fsp3) is 0.0857. The maximum Gasteiger partial charge on any atom is 0.170 e. The highest BCUT2D eigenvalue weighted by Gasteiger charge is 2.41. The fourth-order valence-electron chi connectivity index (χ4n) is 5.22. The van der Waals surface area contributed by atoms with Crippen LogP contribution in [0.25, 0.3) is 0 Å². The number of carbonyl (C=O) groups excluding carboxylic acids is 2. The Kier molecular flexibility index (Phi) is 7.92. The van der Waals surface area contributed by atoms with Crippen LogP contribution in [0.5, 0.6) is 0 Å². The van der Waals surface area contributed by atoms with Crippen molar-refractivity contribution in [1.29, 1.82) is 0 Å². The molecule has 38 heavy (non-hydrogen) atoms. The first-order valence-electron chi connectivity index (χ1n) is 12.7. The Balaban J connectivity index is 1.79. The minimum Gasteiger partial charge on any atom is -0.293 e. The molecule has 5 aromatic rings. The maximum atomic E-state index is 14.4. The maximum absolute atomic E-state index is 14.4. The molecule has 2 atom stereocenters. The topological polar surface area (TPSA) is 34.1 Å². The van der Waals surface area contributed by atoms with E-state index in [2.05, 4.69) is 0 Å². The van der Waals surface area contributed by atoms with E-state index in [9.17, 15) is 9.59 Å². The van der Waals surface area contributed by atoms with E-state index in [0.717, 1.165) is 16.7 Å². The summed E-state index contributed by atoms with van der Waals surface area (Å²) in [6.07, 6.45) is 0. The average molecular weight is 515 g/mol. The van der Waals surface area contributed by atoms with Gasteiger partial charge < -0.3 is 0 Å². The van der Waals surface area contributed by atoms with E-state index in [1.54, 1.807) is 0 Å². The van der Waals surface area contributed by atoms with Crippen LogP contribution < -0.4 is 0 Å². The van der Waals surface area contributed by atoms with Gasteiger partial charge in [0.15, 0.2) is 11.6 Å². The highest BCUT2D eigenvalue weighted by Crippen LogP contribution is 2.47. The van der Waals surface area contributed by atoms with Crippen molar-refractivity contribution in [2.75, 3.05) is 0 Å². The molecule has 0 aliphatic heterocycles. The number of Topliss-reactive ketones (excluding diaryl/α,β-unsaturated/α-hetero) is 2. The van der Waals surface area contributed by atoms with Gasteiger partial charge >= 0.3 is 0 Å².